The summed E-state index contributed by atoms with van der Waals surface area (Å²) in [6, 6.07) is 5.93. The summed E-state index contributed by atoms with van der Waals surface area (Å²) in [6.07, 6.45) is 3.18. The lowest BCUT2D eigenvalue weighted by Gasteiger charge is -2.06. The first-order chi connectivity index (χ1) is 8.09. The van der Waals surface area contributed by atoms with Crippen molar-refractivity contribution in [3.05, 3.63) is 62.7 Å². The summed E-state index contributed by atoms with van der Waals surface area (Å²) in [5.74, 6) is -0.464. The second kappa shape index (κ2) is 4.91. The van der Waals surface area contributed by atoms with Gasteiger partial charge in [0.05, 0.1) is 0 Å². The van der Waals surface area contributed by atoms with Crippen LogP contribution in [0, 0.1) is 16.3 Å². The number of halogens is 2. The fraction of sp³-hybridized carbons (Fsp3) is 0.0769. The van der Waals surface area contributed by atoms with Crippen molar-refractivity contribution in [1.82, 2.24) is 4.98 Å². The van der Waals surface area contributed by atoms with E-state index in [1.54, 1.807) is 12.3 Å². The molecule has 0 spiro atoms. The highest BCUT2D eigenvalue weighted by Crippen LogP contribution is 2.19. The van der Waals surface area contributed by atoms with E-state index < -0.39 is 0 Å². The van der Waals surface area contributed by atoms with Crippen LogP contribution in [0.25, 0.3) is 0 Å². The van der Waals surface area contributed by atoms with Crippen LogP contribution in [-0.4, -0.2) is 10.8 Å². The van der Waals surface area contributed by atoms with Gasteiger partial charge in [0.25, 0.3) is 0 Å². The number of hydrogen-bond donors (Lipinski definition) is 0. The fourth-order valence-electron chi connectivity index (χ4n) is 1.52. The average molecular weight is 341 g/mol. The topological polar surface area (TPSA) is 30.0 Å². The van der Waals surface area contributed by atoms with Crippen LogP contribution in [0.4, 0.5) is 4.39 Å². The Morgan fingerprint density at radius 2 is 2.06 bits per heavy atom. The third-order valence-electron chi connectivity index (χ3n) is 2.46. The normalized spacial score (nSPS) is 10.3. The minimum absolute atomic E-state index is 0.125. The Bertz CT molecular complexity index is 583. The van der Waals surface area contributed by atoms with Crippen molar-refractivity contribution in [3.63, 3.8) is 0 Å². The van der Waals surface area contributed by atoms with Crippen LogP contribution in [0.1, 0.15) is 21.5 Å². The standard InChI is InChI=1S/C13H9FINO/c1-8-4-5-16-7-11(8)13(17)10-3-2-9(14)6-12(10)15/h2-7H,1H3. The van der Waals surface area contributed by atoms with Crippen LogP contribution in [0.3, 0.4) is 0 Å². The van der Waals surface area contributed by atoms with E-state index in [2.05, 4.69) is 4.98 Å². The predicted molar refractivity (Wildman–Crippen MR) is 71.5 cm³/mol. The summed E-state index contributed by atoms with van der Waals surface area (Å²) < 4.78 is 13.6. The summed E-state index contributed by atoms with van der Waals surface area (Å²) in [7, 11) is 0. The molecule has 86 valence electrons. The summed E-state index contributed by atoms with van der Waals surface area (Å²) in [4.78, 5) is 16.2. The van der Waals surface area contributed by atoms with Gasteiger partial charge in [-0.25, -0.2) is 4.39 Å². The Morgan fingerprint density at radius 1 is 1.29 bits per heavy atom. The van der Waals surface area contributed by atoms with Gasteiger partial charge in [0.2, 0.25) is 0 Å². The van der Waals surface area contributed by atoms with Crippen LogP contribution in [-0.2, 0) is 0 Å². The van der Waals surface area contributed by atoms with Crippen LogP contribution >= 0.6 is 22.6 Å². The molecule has 0 N–H and O–H groups in total. The number of ketones is 1. The molecule has 0 fully saturated rings. The predicted octanol–water partition coefficient (Wildman–Crippen LogP) is 3.36. The van der Waals surface area contributed by atoms with Crippen molar-refractivity contribution in [2.75, 3.05) is 0 Å². The number of benzene rings is 1. The average Bonchev–Trinajstić information content (AvgIpc) is 2.29. The van der Waals surface area contributed by atoms with Crippen molar-refractivity contribution < 1.29 is 9.18 Å². The number of carbonyl (C=O) groups excluding carboxylic acids is 1. The Morgan fingerprint density at radius 3 is 2.71 bits per heavy atom. The van der Waals surface area contributed by atoms with Crippen LogP contribution < -0.4 is 0 Å². The van der Waals surface area contributed by atoms with Gasteiger partial charge in [0, 0.05) is 27.1 Å². The Hall–Kier alpha value is -1.30. The van der Waals surface area contributed by atoms with Crippen molar-refractivity contribution in [2.45, 2.75) is 6.92 Å². The lowest BCUT2D eigenvalue weighted by Crippen LogP contribution is -2.06. The lowest BCUT2D eigenvalue weighted by molar-refractivity contribution is 0.103. The minimum atomic E-state index is -0.339. The van der Waals surface area contributed by atoms with E-state index in [9.17, 15) is 9.18 Å². The third-order valence-corrected chi connectivity index (χ3v) is 3.35. The molecule has 0 amide bonds. The quantitative estimate of drug-likeness (QED) is 0.619. The van der Waals surface area contributed by atoms with Gasteiger partial charge in [-0.05, 0) is 59.3 Å². The molecule has 0 aliphatic rings. The summed E-state index contributed by atoms with van der Waals surface area (Å²) in [6.45, 7) is 1.85. The van der Waals surface area contributed by atoms with Crippen molar-refractivity contribution in [2.24, 2.45) is 0 Å². The van der Waals surface area contributed by atoms with Gasteiger partial charge < -0.3 is 0 Å². The molecule has 0 bridgehead atoms. The summed E-state index contributed by atoms with van der Waals surface area (Å²) >= 11 is 1.96. The molecule has 1 heterocycles. The molecular formula is C13H9FINO. The maximum Gasteiger partial charge on any atom is 0.195 e. The molecule has 0 atom stereocenters. The van der Waals surface area contributed by atoms with Gasteiger partial charge in [-0.2, -0.15) is 0 Å². The first-order valence-electron chi connectivity index (χ1n) is 5.00. The van der Waals surface area contributed by atoms with Gasteiger partial charge >= 0.3 is 0 Å². The molecule has 1 aromatic heterocycles. The van der Waals surface area contributed by atoms with Crippen LogP contribution in [0.15, 0.2) is 36.7 Å². The highest BCUT2D eigenvalue weighted by atomic mass is 127. The van der Waals surface area contributed by atoms with E-state index >= 15 is 0 Å². The van der Waals surface area contributed by atoms with Crippen LogP contribution in [0.2, 0.25) is 0 Å². The van der Waals surface area contributed by atoms with E-state index in [1.807, 2.05) is 29.5 Å². The Labute approximate surface area is 112 Å². The van der Waals surface area contributed by atoms with Gasteiger partial charge in [0.15, 0.2) is 5.78 Å². The third kappa shape index (κ3) is 2.52. The molecule has 0 aliphatic carbocycles. The number of aryl methyl sites for hydroxylation is 1. The number of hydrogen-bond acceptors (Lipinski definition) is 2. The smallest absolute Gasteiger partial charge is 0.195 e. The molecular weight excluding hydrogens is 332 g/mol. The van der Waals surface area contributed by atoms with Crippen molar-refractivity contribution >= 4 is 28.4 Å². The second-order valence-electron chi connectivity index (χ2n) is 3.64. The van der Waals surface area contributed by atoms with Gasteiger partial charge in [0.1, 0.15) is 5.82 Å². The maximum atomic E-state index is 13.0. The zero-order valence-corrected chi connectivity index (χ0v) is 11.2. The molecule has 2 aromatic rings. The molecule has 0 unspecified atom stereocenters. The fourth-order valence-corrected chi connectivity index (χ4v) is 2.24. The maximum absolute atomic E-state index is 13.0. The lowest BCUT2D eigenvalue weighted by atomic mass is 10.0. The van der Waals surface area contributed by atoms with E-state index in [0.29, 0.717) is 14.7 Å². The number of carbonyl (C=O) groups is 1. The molecule has 0 aliphatic heterocycles. The zero-order valence-electron chi connectivity index (χ0n) is 9.08. The van der Waals surface area contributed by atoms with Crippen molar-refractivity contribution in [1.29, 1.82) is 0 Å². The summed E-state index contributed by atoms with van der Waals surface area (Å²) in [5.41, 5.74) is 1.92. The molecule has 17 heavy (non-hydrogen) atoms. The minimum Gasteiger partial charge on any atom is -0.289 e. The highest BCUT2D eigenvalue weighted by Gasteiger charge is 2.15. The molecule has 4 heteroatoms. The van der Waals surface area contributed by atoms with E-state index in [4.69, 9.17) is 0 Å². The van der Waals surface area contributed by atoms with E-state index in [-0.39, 0.29) is 11.6 Å². The molecule has 2 rings (SSSR count). The highest BCUT2D eigenvalue weighted by molar-refractivity contribution is 14.1. The van der Waals surface area contributed by atoms with E-state index in [0.717, 1.165) is 5.56 Å². The number of pyridine rings is 1. The molecule has 0 saturated heterocycles. The molecule has 0 saturated carbocycles. The van der Waals surface area contributed by atoms with Crippen LogP contribution in [0.5, 0.6) is 0 Å². The zero-order chi connectivity index (χ0) is 12.4. The van der Waals surface area contributed by atoms with Gasteiger partial charge in [-0.3, -0.25) is 9.78 Å². The molecule has 1 aromatic carbocycles. The largest absolute Gasteiger partial charge is 0.289 e. The first kappa shape index (κ1) is 12.2. The number of rotatable bonds is 2. The van der Waals surface area contributed by atoms with E-state index in [1.165, 1.54) is 24.4 Å². The molecule has 0 radical (unpaired) electrons. The monoisotopic (exact) mass is 341 g/mol. The summed E-state index contributed by atoms with van der Waals surface area (Å²) in [5, 5.41) is 0. The first-order valence-corrected chi connectivity index (χ1v) is 6.08. The second-order valence-corrected chi connectivity index (χ2v) is 4.81. The van der Waals surface area contributed by atoms with Crippen molar-refractivity contribution in [3.8, 4) is 0 Å². The SMILES string of the molecule is Cc1ccncc1C(=O)c1ccc(F)cc1I. The van der Waals surface area contributed by atoms with Gasteiger partial charge in [-0.1, -0.05) is 0 Å². The van der Waals surface area contributed by atoms with Gasteiger partial charge in [-0.15, -0.1) is 0 Å². The number of nitrogens with zero attached hydrogens (tertiary/aromatic N) is 1. The number of aromatic nitrogens is 1. The Balaban J connectivity index is 2.48. The molecule has 2 nitrogen and oxygen atoms in total. The Kier molecular flexibility index (Phi) is 3.51.